The standard InChI is InChI=1S/C21H29N3O6/c1-13(2)12-16-20(27)22-10-5-11-30-17-7-4-3-6-14(17)19(26)24-15(21(28)29)8-9-18(25)23-16/h3-4,6-7,13,15-16H,5,8-12H2,1-2H3,(H,22,27)(H,23,25)(H,24,26)(H,28,29)/t15-,16-/m0/s1. The van der Waals surface area contributed by atoms with Crippen molar-refractivity contribution >= 4 is 23.7 Å². The summed E-state index contributed by atoms with van der Waals surface area (Å²) in [5.41, 5.74) is 0.210. The van der Waals surface area contributed by atoms with Crippen LogP contribution in [-0.4, -0.2) is 54.0 Å². The van der Waals surface area contributed by atoms with E-state index in [-0.39, 0.29) is 36.8 Å². The highest BCUT2D eigenvalue weighted by Crippen LogP contribution is 2.18. The lowest BCUT2D eigenvalue weighted by Gasteiger charge is -2.21. The van der Waals surface area contributed by atoms with Crippen molar-refractivity contribution in [1.29, 1.82) is 0 Å². The third kappa shape index (κ3) is 7.06. The fourth-order valence-corrected chi connectivity index (χ4v) is 3.11. The number of hydrogen-bond donors (Lipinski definition) is 4. The van der Waals surface area contributed by atoms with Crippen LogP contribution in [0.1, 0.15) is 49.9 Å². The molecule has 0 saturated heterocycles. The number of nitrogens with one attached hydrogen (secondary N) is 3. The van der Waals surface area contributed by atoms with Crippen LogP contribution in [0.25, 0.3) is 0 Å². The van der Waals surface area contributed by atoms with Crippen molar-refractivity contribution in [2.45, 2.75) is 51.6 Å². The number of fused-ring (bicyclic) bond motifs is 1. The van der Waals surface area contributed by atoms with Crippen LogP contribution in [0, 0.1) is 5.92 Å². The lowest BCUT2D eigenvalue weighted by Crippen LogP contribution is -2.48. The molecule has 0 unspecified atom stereocenters. The monoisotopic (exact) mass is 419 g/mol. The first-order chi connectivity index (χ1) is 14.3. The van der Waals surface area contributed by atoms with Gasteiger partial charge in [0.1, 0.15) is 17.8 Å². The number of carbonyl (C=O) groups is 4. The Labute approximate surface area is 175 Å². The Kier molecular flexibility index (Phi) is 8.64. The molecule has 9 heteroatoms. The first kappa shape index (κ1) is 23.2. The van der Waals surface area contributed by atoms with Gasteiger partial charge in [-0.15, -0.1) is 0 Å². The maximum absolute atomic E-state index is 12.6. The molecule has 0 bridgehead atoms. The van der Waals surface area contributed by atoms with Gasteiger partial charge in [0, 0.05) is 13.0 Å². The number of amides is 3. The zero-order chi connectivity index (χ0) is 22.1. The molecule has 3 amide bonds. The van der Waals surface area contributed by atoms with Crippen LogP contribution >= 0.6 is 0 Å². The SMILES string of the molecule is CC(C)C[C@@H]1NC(=O)CC[C@@H](C(=O)O)NC(=O)c2ccccc2OCCCNC1=O. The molecular weight excluding hydrogens is 390 g/mol. The van der Waals surface area contributed by atoms with Crippen molar-refractivity contribution in [2.24, 2.45) is 5.92 Å². The van der Waals surface area contributed by atoms with E-state index in [2.05, 4.69) is 16.0 Å². The molecule has 1 aromatic rings. The highest BCUT2D eigenvalue weighted by atomic mass is 16.5. The van der Waals surface area contributed by atoms with Gasteiger partial charge in [-0.25, -0.2) is 4.79 Å². The summed E-state index contributed by atoms with van der Waals surface area (Å²) in [5.74, 6) is -2.05. The van der Waals surface area contributed by atoms with Gasteiger partial charge in [0.15, 0.2) is 0 Å². The van der Waals surface area contributed by atoms with Crippen LogP contribution in [0.4, 0.5) is 0 Å². The third-order valence-corrected chi connectivity index (χ3v) is 4.63. The lowest BCUT2D eigenvalue weighted by atomic mass is 10.0. The lowest BCUT2D eigenvalue weighted by molar-refractivity contribution is -0.139. The van der Waals surface area contributed by atoms with E-state index in [9.17, 15) is 24.3 Å². The van der Waals surface area contributed by atoms with Crippen molar-refractivity contribution in [2.75, 3.05) is 13.2 Å². The Morgan fingerprint density at radius 3 is 2.63 bits per heavy atom. The molecule has 1 aliphatic rings. The second-order valence-electron chi connectivity index (χ2n) is 7.64. The van der Waals surface area contributed by atoms with E-state index in [0.29, 0.717) is 25.1 Å². The Balaban J connectivity index is 2.21. The molecule has 0 aliphatic carbocycles. The van der Waals surface area contributed by atoms with E-state index < -0.39 is 29.9 Å². The van der Waals surface area contributed by atoms with Gasteiger partial charge >= 0.3 is 5.97 Å². The summed E-state index contributed by atoms with van der Waals surface area (Å²) in [6.45, 7) is 4.51. The van der Waals surface area contributed by atoms with Crippen LogP contribution in [0.5, 0.6) is 5.75 Å². The molecule has 0 radical (unpaired) electrons. The maximum Gasteiger partial charge on any atom is 0.326 e. The van der Waals surface area contributed by atoms with Crippen molar-refractivity contribution in [1.82, 2.24) is 16.0 Å². The number of rotatable bonds is 3. The van der Waals surface area contributed by atoms with E-state index in [4.69, 9.17) is 4.74 Å². The Morgan fingerprint density at radius 2 is 1.93 bits per heavy atom. The highest BCUT2D eigenvalue weighted by molar-refractivity contribution is 5.99. The number of hydrogen-bond acceptors (Lipinski definition) is 5. The third-order valence-electron chi connectivity index (χ3n) is 4.63. The number of aliphatic carboxylic acids is 1. The van der Waals surface area contributed by atoms with Gasteiger partial charge in [0.2, 0.25) is 11.8 Å². The fraction of sp³-hybridized carbons (Fsp3) is 0.524. The van der Waals surface area contributed by atoms with Crippen LogP contribution in [0.3, 0.4) is 0 Å². The van der Waals surface area contributed by atoms with Gasteiger partial charge in [-0.05, 0) is 37.3 Å². The first-order valence-corrected chi connectivity index (χ1v) is 10.1. The smallest absolute Gasteiger partial charge is 0.326 e. The Hall–Kier alpha value is -3.10. The number of para-hydroxylation sites is 1. The summed E-state index contributed by atoms with van der Waals surface area (Å²) in [5, 5.41) is 17.4. The van der Waals surface area contributed by atoms with E-state index in [1.165, 1.54) is 6.07 Å². The zero-order valence-corrected chi connectivity index (χ0v) is 17.3. The number of carboxylic acid groups (broad SMARTS) is 1. The first-order valence-electron chi connectivity index (χ1n) is 10.1. The van der Waals surface area contributed by atoms with Crippen molar-refractivity contribution in [3.05, 3.63) is 29.8 Å². The largest absolute Gasteiger partial charge is 0.493 e. The normalized spacial score (nSPS) is 21.6. The predicted octanol–water partition coefficient (Wildman–Crippen LogP) is 1.08. The van der Waals surface area contributed by atoms with Crippen LogP contribution in [-0.2, 0) is 14.4 Å². The van der Waals surface area contributed by atoms with Crippen molar-refractivity contribution in [3.63, 3.8) is 0 Å². The van der Waals surface area contributed by atoms with Gasteiger partial charge in [-0.3, -0.25) is 14.4 Å². The quantitative estimate of drug-likeness (QED) is 0.579. The Morgan fingerprint density at radius 1 is 1.20 bits per heavy atom. The van der Waals surface area contributed by atoms with Crippen molar-refractivity contribution in [3.8, 4) is 5.75 Å². The molecule has 164 valence electrons. The number of carboxylic acids is 1. The van der Waals surface area contributed by atoms with Gasteiger partial charge in [-0.2, -0.15) is 0 Å². The molecule has 1 aromatic carbocycles. The summed E-state index contributed by atoms with van der Waals surface area (Å²) < 4.78 is 5.67. The van der Waals surface area contributed by atoms with Gasteiger partial charge in [0.25, 0.3) is 5.91 Å². The second-order valence-corrected chi connectivity index (χ2v) is 7.64. The molecule has 30 heavy (non-hydrogen) atoms. The molecule has 2 atom stereocenters. The van der Waals surface area contributed by atoms with Gasteiger partial charge in [0.05, 0.1) is 12.2 Å². The summed E-state index contributed by atoms with van der Waals surface area (Å²) in [6.07, 6.45) is 0.714. The summed E-state index contributed by atoms with van der Waals surface area (Å²) >= 11 is 0. The molecule has 4 N–H and O–H groups in total. The molecule has 0 spiro atoms. The zero-order valence-electron chi connectivity index (χ0n) is 17.3. The van der Waals surface area contributed by atoms with Gasteiger partial charge in [-0.1, -0.05) is 26.0 Å². The number of carbonyl (C=O) groups excluding carboxylic acids is 3. The molecule has 1 aliphatic heterocycles. The minimum atomic E-state index is -1.25. The van der Waals surface area contributed by atoms with E-state index in [1.807, 2.05) is 13.8 Å². The van der Waals surface area contributed by atoms with E-state index in [0.717, 1.165) is 0 Å². The summed E-state index contributed by atoms with van der Waals surface area (Å²) in [6, 6.07) is 4.57. The predicted molar refractivity (Wildman–Crippen MR) is 109 cm³/mol. The van der Waals surface area contributed by atoms with Crippen molar-refractivity contribution < 1.29 is 29.0 Å². The number of ether oxygens (including phenoxy) is 1. The highest BCUT2D eigenvalue weighted by Gasteiger charge is 2.26. The minimum Gasteiger partial charge on any atom is -0.493 e. The summed E-state index contributed by atoms with van der Waals surface area (Å²) in [4.78, 5) is 49.0. The van der Waals surface area contributed by atoms with E-state index in [1.54, 1.807) is 18.2 Å². The van der Waals surface area contributed by atoms with Crippen LogP contribution in [0.15, 0.2) is 24.3 Å². The topological polar surface area (TPSA) is 134 Å². The molecule has 2 rings (SSSR count). The second kappa shape index (κ2) is 11.2. The molecular formula is C21H29N3O6. The van der Waals surface area contributed by atoms with Crippen LogP contribution in [0.2, 0.25) is 0 Å². The molecule has 0 saturated carbocycles. The van der Waals surface area contributed by atoms with Gasteiger partial charge < -0.3 is 25.8 Å². The molecule has 1 heterocycles. The molecule has 0 aromatic heterocycles. The Bertz CT molecular complexity index is 780. The van der Waals surface area contributed by atoms with E-state index >= 15 is 0 Å². The van der Waals surface area contributed by atoms with Crippen LogP contribution < -0.4 is 20.7 Å². The maximum atomic E-state index is 12.6. The number of benzene rings is 1. The minimum absolute atomic E-state index is 0.105. The molecule has 9 nitrogen and oxygen atoms in total. The summed E-state index contributed by atoms with van der Waals surface area (Å²) in [7, 11) is 0. The fourth-order valence-electron chi connectivity index (χ4n) is 3.11. The average Bonchev–Trinajstić information content (AvgIpc) is 2.69. The molecule has 0 fully saturated rings. The average molecular weight is 419 g/mol.